The minimum absolute atomic E-state index is 0.124. The second kappa shape index (κ2) is 19.0. The van der Waals surface area contributed by atoms with Crippen molar-refractivity contribution in [2.75, 3.05) is 13.2 Å². The van der Waals surface area contributed by atoms with Crippen LogP contribution in [0.4, 0.5) is 0 Å². The van der Waals surface area contributed by atoms with Gasteiger partial charge in [0, 0.05) is 17.8 Å². The number of nitrogens with zero attached hydrogens (tertiary/aromatic N) is 3. The van der Waals surface area contributed by atoms with Gasteiger partial charge in [-0.05, 0) is 37.6 Å². The summed E-state index contributed by atoms with van der Waals surface area (Å²) >= 11 is 0. The van der Waals surface area contributed by atoms with E-state index in [2.05, 4.69) is 37.7 Å². The molecule has 0 amide bonds. The Kier molecular flexibility index (Phi) is 16.6. The van der Waals surface area contributed by atoms with Gasteiger partial charge in [0.2, 0.25) is 0 Å². The topological polar surface area (TPSA) is 112 Å². The molecule has 2 unspecified atom stereocenters. The van der Waals surface area contributed by atoms with E-state index in [0.29, 0.717) is 5.92 Å². The second-order valence-electron chi connectivity index (χ2n) is 12.8. The van der Waals surface area contributed by atoms with E-state index in [9.17, 15) is 10.3 Å². The molecular formula is C32H59N3O6. The van der Waals surface area contributed by atoms with Gasteiger partial charge >= 0.3 is 5.97 Å². The molecule has 0 aliphatic carbocycles. The number of rotatable bonds is 20. The maximum atomic E-state index is 11.4. The Hall–Kier alpha value is -1.38. The van der Waals surface area contributed by atoms with Crippen molar-refractivity contribution in [3.05, 3.63) is 10.4 Å². The van der Waals surface area contributed by atoms with E-state index >= 15 is 0 Å². The van der Waals surface area contributed by atoms with Crippen molar-refractivity contribution in [2.24, 2.45) is 22.9 Å². The zero-order valence-electron chi connectivity index (χ0n) is 27.0. The average Bonchev–Trinajstić information content (AvgIpc) is 3.24. The zero-order chi connectivity index (χ0) is 30.3. The summed E-state index contributed by atoms with van der Waals surface area (Å²) in [6.45, 7) is 14.2. The fourth-order valence-corrected chi connectivity index (χ4v) is 6.12. The molecule has 0 aromatic carbocycles. The van der Waals surface area contributed by atoms with Crippen LogP contribution in [-0.4, -0.2) is 55.6 Å². The minimum Gasteiger partial charge on any atom is -0.463 e. The van der Waals surface area contributed by atoms with Gasteiger partial charge in [-0.3, -0.25) is 4.79 Å². The molecule has 238 valence electrons. The summed E-state index contributed by atoms with van der Waals surface area (Å²) in [4.78, 5) is 14.5. The first-order chi connectivity index (χ1) is 19.6. The summed E-state index contributed by atoms with van der Waals surface area (Å²) in [5.74, 6) is -0.434. The molecule has 8 atom stereocenters. The molecule has 2 heterocycles. The van der Waals surface area contributed by atoms with Gasteiger partial charge in [0.05, 0.1) is 31.0 Å². The number of ether oxygens (including phenoxy) is 5. The van der Waals surface area contributed by atoms with Crippen LogP contribution >= 0.6 is 0 Å². The SMILES string of the molecule is CCCCCCCCCCCCCC[C@H]1OC(C)(C)O[C@H]1[C@H](CO[C@H]1OC(COC(C)=O)[C@H](C)[C@H](C)C1C)N=[N+]=[N-]. The molecule has 2 aliphatic heterocycles. The summed E-state index contributed by atoms with van der Waals surface area (Å²) in [5, 5.41) is 4.08. The summed E-state index contributed by atoms with van der Waals surface area (Å²) in [6.07, 6.45) is 15.2. The molecular weight excluding hydrogens is 522 g/mol. The predicted molar refractivity (Wildman–Crippen MR) is 161 cm³/mol. The largest absolute Gasteiger partial charge is 0.463 e. The van der Waals surface area contributed by atoms with Crippen LogP contribution in [0.3, 0.4) is 0 Å². The van der Waals surface area contributed by atoms with Crippen LogP contribution < -0.4 is 0 Å². The molecule has 9 nitrogen and oxygen atoms in total. The van der Waals surface area contributed by atoms with E-state index in [-0.39, 0.29) is 49.3 Å². The van der Waals surface area contributed by atoms with Gasteiger partial charge in [0.25, 0.3) is 0 Å². The zero-order valence-corrected chi connectivity index (χ0v) is 27.0. The van der Waals surface area contributed by atoms with Crippen molar-refractivity contribution in [3.8, 4) is 0 Å². The van der Waals surface area contributed by atoms with Crippen molar-refractivity contribution in [1.82, 2.24) is 0 Å². The molecule has 41 heavy (non-hydrogen) atoms. The third-order valence-electron chi connectivity index (χ3n) is 9.01. The van der Waals surface area contributed by atoms with Crippen LogP contribution in [0.2, 0.25) is 0 Å². The van der Waals surface area contributed by atoms with Crippen molar-refractivity contribution in [1.29, 1.82) is 0 Å². The molecule has 0 radical (unpaired) electrons. The summed E-state index contributed by atoms with van der Waals surface area (Å²) < 4.78 is 30.2. The van der Waals surface area contributed by atoms with E-state index in [4.69, 9.17) is 23.7 Å². The number of esters is 1. The number of hydrogen-bond donors (Lipinski definition) is 0. The smallest absolute Gasteiger partial charge is 0.302 e. The maximum Gasteiger partial charge on any atom is 0.302 e. The first kappa shape index (κ1) is 35.8. The molecule has 0 spiro atoms. The normalized spacial score (nSPS) is 30.1. The number of azide groups is 1. The highest BCUT2D eigenvalue weighted by Gasteiger charge is 2.46. The first-order valence-electron chi connectivity index (χ1n) is 16.4. The Bertz CT molecular complexity index is 789. The molecule has 0 aromatic rings. The van der Waals surface area contributed by atoms with E-state index in [0.717, 1.165) is 12.8 Å². The molecule has 0 saturated carbocycles. The Morgan fingerprint density at radius 3 is 2.02 bits per heavy atom. The molecule has 2 aliphatic rings. The second-order valence-corrected chi connectivity index (χ2v) is 12.8. The fraction of sp³-hybridized carbons (Fsp3) is 0.969. The quantitative estimate of drug-likeness (QED) is 0.0468. The lowest BCUT2D eigenvalue weighted by molar-refractivity contribution is -0.258. The van der Waals surface area contributed by atoms with E-state index in [1.807, 2.05) is 13.8 Å². The van der Waals surface area contributed by atoms with E-state index in [1.165, 1.54) is 77.6 Å². The molecule has 2 saturated heterocycles. The number of hydrogen-bond acceptors (Lipinski definition) is 7. The molecule has 9 heteroatoms. The molecule has 2 fully saturated rings. The van der Waals surface area contributed by atoms with Crippen molar-refractivity contribution < 1.29 is 28.5 Å². The molecule has 0 aromatic heterocycles. The molecule has 0 bridgehead atoms. The Morgan fingerprint density at radius 2 is 1.46 bits per heavy atom. The van der Waals surface area contributed by atoms with Crippen LogP contribution in [0, 0.1) is 17.8 Å². The lowest BCUT2D eigenvalue weighted by Crippen LogP contribution is -2.49. The van der Waals surface area contributed by atoms with E-state index in [1.54, 1.807) is 0 Å². The van der Waals surface area contributed by atoms with Crippen molar-refractivity contribution >= 4 is 5.97 Å². The third-order valence-corrected chi connectivity index (χ3v) is 9.01. The highest BCUT2D eigenvalue weighted by molar-refractivity contribution is 5.65. The average molecular weight is 582 g/mol. The van der Waals surface area contributed by atoms with Gasteiger partial charge in [0.1, 0.15) is 6.61 Å². The number of unbranched alkanes of at least 4 members (excludes halogenated alkanes) is 11. The van der Waals surface area contributed by atoms with Gasteiger partial charge in [-0.15, -0.1) is 0 Å². The Balaban J connectivity index is 1.82. The summed E-state index contributed by atoms with van der Waals surface area (Å²) in [6, 6.07) is -0.540. The Morgan fingerprint density at radius 1 is 0.878 bits per heavy atom. The number of carbonyl (C=O) groups is 1. The standard InChI is InChI=1S/C32H59N3O6/c1-8-9-10-11-12-13-14-15-16-17-18-19-20-28-30(41-32(6,7)40-28)27(34-35-33)21-38-31-25(4)23(2)24(3)29(39-31)22-37-26(5)36/h23-25,27-31H,8-22H2,1-7H3/t23-,24+,25?,27-,28+,29?,30-,31-/m0/s1. The number of carbonyl (C=O) groups excluding carboxylic acids is 1. The lowest BCUT2D eigenvalue weighted by atomic mass is 9.79. The maximum absolute atomic E-state index is 11.4. The van der Waals surface area contributed by atoms with E-state index < -0.39 is 18.1 Å². The van der Waals surface area contributed by atoms with Crippen LogP contribution in [0.25, 0.3) is 10.4 Å². The molecule has 0 N–H and O–H groups in total. The van der Waals surface area contributed by atoms with Crippen molar-refractivity contribution in [3.63, 3.8) is 0 Å². The third kappa shape index (κ3) is 12.8. The predicted octanol–water partition coefficient (Wildman–Crippen LogP) is 8.49. The van der Waals surface area contributed by atoms with Gasteiger partial charge < -0.3 is 23.7 Å². The highest BCUT2D eigenvalue weighted by atomic mass is 16.8. The minimum atomic E-state index is -0.747. The lowest BCUT2D eigenvalue weighted by Gasteiger charge is -2.43. The van der Waals surface area contributed by atoms with Crippen LogP contribution in [-0.2, 0) is 28.5 Å². The van der Waals surface area contributed by atoms with Gasteiger partial charge in [-0.25, -0.2) is 0 Å². The van der Waals surface area contributed by atoms with Crippen LogP contribution in [0.15, 0.2) is 5.11 Å². The summed E-state index contributed by atoms with van der Waals surface area (Å²) in [7, 11) is 0. The van der Waals surface area contributed by atoms with Crippen molar-refractivity contribution in [2.45, 2.75) is 168 Å². The van der Waals surface area contributed by atoms with Gasteiger partial charge in [0.15, 0.2) is 12.1 Å². The fourth-order valence-electron chi connectivity index (χ4n) is 6.12. The van der Waals surface area contributed by atoms with Gasteiger partial charge in [-0.2, -0.15) is 0 Å². The van der Waals surface area contributed by atoms with Crippen LogP contribution in [0.5, 0.6) is 0 Å². The monoisotopic (exact) mass is 581 g/mol. The summed E-state index contributed by atoms with van der Waals surface area (Å²) in [5.41, 5.74) is 9.36. The van der Waals surface area contributed by atoms with Gasteiger partial charge in [-0.1, -0.05) is 110 Å². The first-order valence-corrected chi connectivity index (χ1v) is 16.4. The highest BCUT2D eigenvalue weighted by Crippen LogP contribution is 2.37. The Labute approximate surface area is 249 Å². The van der Waals surface area contributed by atoms with Crippen LogP contribution in [0.1, 0.15) is 132 Å². The molecule has 2 rings (SSSR count).